The summed E-state index contributed by atoms with van der Waals surface area (Å²) in [4.78, 5) is 13.9. The molecule has 1 fully saturated rings. The van der Waals surface area contributed by atoms with Gasteiger partial charge in [0.1, 0.15) is 23.5 Å². The van der Waals surface area contributed by atoms with Crippen LogP contribution in [0.5, 0.6) is 5.75 Å². The van der Waals surface area contributed by atoms with Gasteiger partial charge in [-0.05, 0) is 42.9 Å². The minimum Gasteiger partial charge on any atom is -0.497 e. The van der Waals surface area contributed by atoms with Gasteiger partial charge in [-0.1, -0.05) is 6.92 Å². The van der Waals surface area contributed by atoms with Gasteiger partial charge < -0.3 is 14.5 Å². The van der Waals surface area contributed by atoms with Gasteiger partial charge in [0.25, 0.3) is 0 Å². The maximum absolute atomic E-state index is 9.64. The zero-order chi connectivity index (χ0) is 18.8. The summed E-state index contributed by atoms with van der Waals surface area (Å²) in [5.41, 5.74) is 3.14. The Hall–Kier alpha value is -2.81. The standard InChI is InChI=1S/C21H25N5O/c1-15-3-4-16-12-17(14-22)21(24-19(16)11-15)26-9-7-25(8-10-26)20-13-18(27-2)5-6-23-20/h5-6,12-13,15H,3-4,7-11H2,1-2H3. The molecule has 0 aromatic carbocycles. The van der Waals surface area contributed by atoms with Crippen LogP contribution in [0.3, 0.4) is 0 Å². The van der Waals surface area contributed by atoms with E-state index in [1.54, 1.807) is 13.3 Å². The summed E-state index contributed by atoms with van der Waals surface area (Å²) in [5, 5.41) is 9.64. The van der Waals surface area contributed by atoms with Gasteiger partial charge in [0.15, 0.2) is 0 Å². The molecule has 1 aliphatic heterocycles. The number of aryl methyl sites for hydroxylation is 1. The lowest BCUT2D eigenvalue weighted by molar-refractivity contribution is 0.414. The molecule has 0 N–H and O–H groups in total. The van der Waals surface area contributed by atoms with Crippen LogP contribution in [0.15, 0.2) is 24.4 Å². The van der Waals surface area contributed by atoms with Gasteiger partial charge in [-0.25, -0.2) is 9.97 Å². The molecule has 0 saturated carbocycles. The fourth-order valence-electron chi connectivity index (χ4n) is 3.98. The highest BCUT2D eigenvalue weighted by Gasteiger charge is 2.25. The van der Waals surface area contributed by atoms with Crippen LogP contribution in [0.2, 0.25) is 0 Å². The highest BCUT2D eigenvalue weighted by Crippen LogP contribution is 2.30. The van der Waals surface area contributed by atoms with Crippen molar-refractivity contribution in [3.8, 4) is 11.8 Å². The van der Waals surface area contributed by atoms with Crippen molar-refractivity contribution in [2.24, 2.45) is 5.92 Å². The first-order chi connectivity index (χ1) is 13.2. The average Bonchev–Trinajstić information content (AvgIpc) is 2.73. The first kappa shape index (κ1) is 17.6. The molecule has 1 unspecified atom stereocenters. The molecule has 2 aliphatic rings. The molecule has 1 saturated heterocycles. The first-order valence-corrected chi connectivity index (χ1v) is 9.60. The number of hydrogen-bond acceptors (Lipinski definition) is 6. The van der Waals surface area contributed by atoms with Crippen LogP contribution in [0.4, 0.5) is 11.6 Å². The Morgan fingerprint density at radius 1 is 1.19 bits per heavy atom. The third kappa shape index (κ3) is 3.55. The normalized spacial score (nSPS) is 19.4. The largest absolute Gasteiger partial charge is 0.497 e. The summed E-state index contributed by atoms with van der Waals surface area (Å²) in [5.74, 6) is 3.27. The van der Waals surface area contributed by atoms with E-state index in [0.29, 0.717) is 11.5 Å². The highest BCUT2D eigenvalue weighted by molar-refractivity contribution is 5.58. The number of piperazine rings is 1. The van der Waals surface area contributed by atoms with E-state index in [9.17, 15) is 5.26 Å². The van der Waals surface area contributed by atoms with Gasteiger partial charge in [-0.15, -0.1) is 0 Å². The number of hydrogen-bond donors (Lipinski definition) is 0. The maximum Gasteiger partial charge on any atom is 0.146 e. The average molecular weight is 363 g/mol. The lowest BCUT2D eigenvalue weighted by Crippen LogP contribution is -2.47. The number of methoxy groups -OCH3 is 1. The number of rotatable bonds is 3. The van der Waals surface area contributed by atoms with E-state index < -0.39 is 0 Å². The molecule has 0 radical (unpaired) electrons. The van der Waals surface area contributed by atoms with Crippen LogP contribution in [0, 0.1) is 17.2 Å². The summed E-state index contributed by atoms with van der Waals surface area (Å²) in [7, 11) is 1.67. The Morgan fingerprint density at radius 2 is 1.96 bits per heavy atom. The number of ether oxygens (including phenoxy) is 1. The second-order valence-corrected chi connectivity index (χ2v) is 7.45. The third-order valence-electron chi connectivity index (χ3n) is 5.60. The lowest BCUT2D eigenvalue weighted by atomic mass is 9.87. The number of aromatic nitrogens is 2. The Kier molecular flexibility index (Phi) is 4.85. The van der Waals surface area contributed by atoms with Crippen LogP contribution < -0.4 is 14.5 Å². The Bertz CT molecular complexity index is 867. The summed E-state index contributed by atoms with van der Waals surface area (Å²) < 4.78 is 5.30. The zero-order valence-corrected chi connectivity index (χ0v) is 16.0. The van der Waals surface area contributed by atoms with Crippen molar-refractivity contribution in [3.05, 3.63) is 41.2 Å². The maximum atomic E-state index is 9.64. The van der Waals surface area contributed by atoms with Crippen molar-refractivity contribution in [1.29, 1.82) is 5.26 Å². The minimum absolute atomic E-state index is 0.668. The van der Waals surface area contributed by atoms with Crippen molar-refractivity contribution in [1.82, 2.24) is 9.97 Å². The van der Waals surface area contributed by atoms with Crippen LogP contribution in [-0.2, 0) is 12.8 Å². The third-order valence-corrected chi connectivity index (χ3v) is 5.60. The molecule has 2 aromatic heterocycles. The van der Waals surface area contributed by atoms with E-state index in [-0.39, 0.29) is 0 Å². The van der Waals surface area contributed by atoms with Crippen molar-refractivity contribution in [2.45, 2.75) is 26.2 Å². The minimum atomic E-state index is 0.668. The van der Waals surface area contributed by atoms with E-state index in [4.69, 9.17) is 9.72 Å². The monoisotopic (exact) mass is 363 g/mol. The Balaban J connectivity index is 1.52. The summed E-state index contributed by atoms with van der Waals surface area (Å²) in [6, 6.07) is 8.26. The molecular formula is C21H25N5O. The topological polar surface area (TPSA) is 65.3 Å². The van der Waals surface area contributed by atoms with Crippen LogP contribution in [0.1, 0.15) is 30.2 Å². The Labute approximate surface area is 160 Å². The van der Waals surface area contributed by atoms with Gasteiger partial charge >= 0.3 is 0 Å². The number of anilines is 2. The quantitative estimate of drug-likeness (QED) is 0.835. The van der Waals surface area contributed by atoms with Crippen molar-refractivity contribution in [3.63, 3.8) is 0 Å². The Morgan fingerprint density at radius 3 is 2.70 bits per heavy atom. The molecule has 1 atom stereocenters. The number of pyridine rings is 2. The van der Waals surface area contributed by atoms with E-state index in [1.165, 1.54) is 17.7 Å². The summed E-state index contributed by atoms with van der Waals surface area (Å²) in [6.45, 7) is 5.63. The second-order valence-electron chi connectivity index (χ2n) is 7.45. The van der Waals surface area contributed by atoms with Crippen LogP contribution in [-0.4, -0.2) is 43.3 Å². The molecular weight excluding hydrogens is 338 g/mol. The fraction of sp³-hybridized carbons (Fsp3) is 0.476. The molecule has 0 bridgehead atoms. The SMILES string of the molecule is COc1ccnc(N2CCN(c3nc4c(cc3C#N)CCC(C)C4)CC2)c1. The molecule has 27 heavy (non-hydrogen) atoms. The number of nitrogens with zero attached hydrogens (tertiary/aromatic N) is 5. The molecule has 1 aliphatic carbocycles. The molecule has 140 valence electrons. The molecule has 6 heteroatoms. The van der Waals surface area contributed by atoms with Crippen molar-refractivity contribution in [2.75, 3.05) is 43.1 Å². The molecule has 0 spiro atoms. The molecule has 6 nitrogen and oxygen atoms in total. The fourth-order valence-corrected chi connectivity index (χ4v) is 3.98. The predicted molar refractivity (Wildman–Crippen MR) is 105 cm³/mol. The molecule has 4 rings (SSSR count). The van der Waals surface area contributed by atoms with Gasteiger partial charge in [-0.2, -0.15) is 5.26 Å². The van der Waals surface area contributed by atoms with Gasteiger partial charge in [0.2, 0.25) is 0 Å². The van der Waals surface area contributed by atoms with E-state index in [2.05, 4.69) is 33.8 Å². The van der Waals surface area contributed by atoms with E-state index in [1.807, 2.05) is 12.1 Å². The van der Waals surface area contributed by atoms with Crippen molar-refractivity contribution < 1.29 is 4.74 Å². The van der Waals surface area contributed by atoms with Crippen molar-refractivity contribution >= 4 is 11.6 Å². The van der Waals surface area contributed by atoms with Gasteiger partial charge in [0.05, 0.1) is 12.7 Å². The number of fused-ring (bicyclic) bond motifs is 1. The first-order valence-electron chi connectivity index (χ1n) is 9.60. The van der Waals surface area contributed by atoms with Gasteiger partial charge in [-0.3, -0.25) is 0 Å². The van der Waals surface area contributed by atoms with Gasteiger partial charge in [0, 0.05) is 44.1 Å². The summed E-state index contributed by atoms with van der Waals surface area (Å²) >= 11 is 0. The predicted octanol–water partition coefficient (Wildman–Crippen LogP) is 2.81. The molecule has 2 aromatic rings. The molecule has 0 amide bonds. The lowest BCUT2D eigenvalue weighted by Gasteiger charge is -2.37. The zero-order valence-electron chi connectivity index (χ0n) is 16.0. The molecule has 3 heterocycles. The van der Waals surface area contributed by atoms with Crippen LogP contribution in [0.25, 0.3) is 0 Å². The van der Waals surface area contributed by atoms with E-state index >= 15 is 0 Å². The van der Waals surface area contributed by atoms with E-state index in [0.717, 1.165) is 56.4 Å². The highest BCUT2D eigenvalue weighted by atomic mass is 16.5. The summed E-state index contributed by atoms with van der Waals surface area (Å²) in [6.07, 6.45) is 5.02. The van der Waals surface area contributed by atoms with Crippen LogP contribution >= 0.6 is 0 Å². The smallest absolute Gasteiger partial charge is 0.146 e. The second kappa shape index (κ2) is 7.43. The number of nitriles is 1.